The predicted molar refractivity (Wildman–Crippen MR) is 51.6 cm³/mol. The van der Waals surface area contributed by atoms with Crippen LogP contribution in [0.5, 0.6) is 0 Å². The van der Waals surface area contributed by atoms with Crippen LogP contribution in [0.2, 0.25) is 0 Å². The molecule has 72 valence electrons. The van der Waals surface area contributed by atoms with Crippen LogP contribution < -0.4 is 4.84 Å². The Kier molecular flexibility index (Phi) is 2.18. The lowest BCUT2D eigenvalue weighted by Crippen LogP contribution is -2.17. The fourth-order valence-electron chi connectivity index (χ4n) is 1.18. The second kappa shape index (κ2) is 3.49. The van der Waals surface area contributed by atoms with Gasteiger partial charge >= 0.3 is 5.97 Å². The number of benzene rings is 1. The molecule has 0 unspecified atom stereocenters. The molecule has 1 aromatic heterocycles. The molecule has 4 nitrogen and oxygen atoms in total. The van der Waals surface area contributed by atoms with E-state index < -0.39 is 0 Å². The maximum Gasteiger partial charge on any atom is 0.332 e. The van der Waals surface area contributed by atoms with Crippen LogP contribution in [-0.2, 0) is 4.79 Å². The van der Waals surface area contributed by atoms with Crippen LogP contribution in [0, 0.1) is 0 Å². The lowest BCUT2D eigenvalue weighted by atomic mass is 10.3. The van der Waals surface area contributed by atoms with Gasteiger partial charge in [-0.2, -0.15) is 4.73 Å². The topological polar surface area (TPSA) is 44.1 Å². The average molecular weight is 190 g/mol. The van der Waals surface area contributed by atoms with Gasteiger partial charge in [0.15, 0.2) is 0 Å². The highest BCUT2D eigenvalue weighted by atomic mass is 16.7. The molecule has 0 aliphatic heterocycles. The van der Waals surface area contributed by atoms with Crippen LogP contribution in [-0.4, -0.2) is 15.7 Å². The monoisotopic (exact) mass is 190 g/mol. The molecule has 0 fully saturated rings. The first-order chi connectivity index (χ1) is 6.81. The van der Waals surface area contributed by atoms with Crippen molar-refractivity contribution in [3.05, 3.63) is 30.6 Å². The molecule has 0 amide bonds. The second-order valence-electron chi connectivity index (χ2n) is 2.88. The maximum atomic E-state index is 11.1. The van der Waals surface area contributed by atoms with E-state index in [1.54, 1.807) is 6.92 Å². The highest BCUT2D eigenvalue weighted by Crippen LogP contribution is 2.10. The van der Waals surface area contributed by atoms with Gasteiger partial charge in [0.1, 0.15) is 11.8 Å². The number of hydrogen-bond donors (Lipinski definition) is 0. The van der Waals surface area contributed by atoms with Gasteiger partial charge in [-0.1, -0.05) is 19.1 Å². The molecule has 1 heterocycles. The first-order valence-corrected chi connectivity index (χ1v) is 4.44. The minimum Gasteiger partial charge on any atom is -0.335 e. The summed E-state index contributed by atoms with van der Waals surface area (Å²) in [5.74, 6) is -0.270. The Morgan fingerprint density at radius 3 is 3.07 bits per heavy atom. The Morgan fingerprint density at radius 2 is 2.29 bits per heavy atom. The summed E-state index contributed by atoms with van der Waals surface area (Å²) < 4.78 is 1.39. The van der Waals surface area contributed by atoms with E-state index in [0.29, 0.717) is 6.42 Å². The summed E-state index contributed by atoms with van der Waals surface area (Å²) in [6, 6.07) is 7.48. The molecule has 0 saturated heterocycles. The van der Waals surface area contributed by atoms with Crippen LogP contribution in [0.15, 0.2) is 30.6 Å². The first kappa shape index (κ1) is 8.74. The van der Waals surface area contributed by atoms with E-state index in [4.69, 9.17) is 4.84 Å². The number of hydrogen-bond acceptors (Lipinski definition) is 3. The molecule has 0 N–H and O–H groups in total. The Balaban J connectivity index is 2.38. The van der Waals surface area contributed by atoms with Crippen molar-refractivity contribution in [2.75, 3.05) is 0 Å². The van der Waals surface area contributed by atoms with Crippen LogP contribution in [0.25, 0.3) is 11.0 Å². The van der Waals surface area contributed by atoms with Gasteiger partial charge in [0.25, 0.3) is 0 Å². The van der Waals surface area contributed by atoms with E-state index >= 15 is 0 Å². The zero-order valence-electron chi connectivity index (χ0n) is 7.80. The van der Waals surface area contributed by atoms with Crippen molar-refractivity contribution >= 4 is 17.0 Å². The fourth-order valence-corrected chi connectivity index (χ4v) is 1.18. The van der Waals surface area contributed by atoms with Gasteiger partial charge in [-0.05, 0) is 12.1 Å². The Hall–Kier alpha value is -1.84. The lowest BCUT2D eigenvalue weighted by Gasteiger charge is -2.02. The summed E-state index contributed by atoms with van der Waals surface area (Å²) in [5, 5.41) is 0. The number of para-hydroxylation sites is 2. The quantitative estimate of drug-likeness (QED) is 0.719. The highest BCUT2D eigenvalue weighted by Gasteiger charge is 2.05. The Labute approximate surface area is 81.1 Å². The number of rotatable bonds is 2. The molecular weight excluding hydrogens is 180 g/mol. The molecule has 0 saturated carbocycles. The summed E-state index contributed by atoms with van der Waals surface area (Å²) >= 11 is 0. The van der Waals surface area contributed by atoms with Gasteiger partial charge in [-0.25, -0.2) is 9.78 Å². The number of fused-ring (bicyclic) bond motifs is 1. The molecular formula is C10H10N2O2. The van der Waals surface area contributed by atoms with E-state index in [9.17, 15) is 4.79 Å². The number of nitrogens with zero attached hydrogens (tertiary/aromatic N) is 2. The van der Waals surface area contributed by atoms with Crippen molar-refractivity contribution < 1.29 is 9.63 Å². The number of carbonyl (C=O) groups excluding carboxylic acids is 1. The van der Waals surface area contributed by atoms with Crippen molar-refractivity contribution in [3.63, 3.8) is 0 Å². The minimum absolute atomic E-state index is 0.270. The van der Waals surface area contributed by atoms with Gasteiger partial charge < -0.3 is 4.84 Å². The normalized spacial score (nSPS) is 10.4. The van der Waals surface area contributed by atoms with Gasteiger partial charge in [0.05, 0.1) is 5.52 Å². The van der Waals surface area contributed by atoms with E-state index in [0.717, 1.165) is 11.0 Å². The zero-order valence-corrected chi connectivity index (χ0v) is 7.80. The summed E-state index contributed by atoms with van der Waals surface area (Å²) in [7, 11) is 0. The van der Waals surface area contributed by atoms with Crippen molar-refractivity contribution in [3.8, 4) is 0 Å². The highest BCUT2D eigenvalue weighted by molar-refractivity contribution is 5.76. The minimum atomic E-state index is -0.270. The van der Waals surface area contributed by atoms with Crippen LogP contribution in [0.4, 0.5) is 0 Å². The molecule has 0 radical (unpaired) electrons. The van der Waals surface area contributed by atoms with E-state index in [-0.39, 0.29) is 5.97 Å². The van der Waals surface area contributed by atoms with E-state index in [1.165, 1.54) is 11.1 Å². The molecule has 14 heavy (non-hydrogen) atoms. The third-order valence-corrected chi connectivity index (χ3v) is 1.91. The van der Waals surface area contributed by atoms with E-state index in [1.807, 2.05) is 24.3 Å². The van der Waals surface area contributed by atoms with Crippen molar-refractivity contribution in [1.29, 1.82) is 0 Å². The number of aromatic nitrogens is 2. The van der Waals surface area contributed by atoms with Gasteiger partial charge in [0.2, 0.25) is 0 Å². The standard InChI is InChI=1S/C10H10N2O2/c1-2-10(13)14-12-7-11-8-5-3-4-6-9(8)12/h3-7H,2H2,1H3. The van der Waals surface area contributed by atoms with Crippen LogP contribution in [0.3, 0.4) is 0 Å². The van der Waals surface area contributed by atoms with E-state index in [2.05, 4.69) is 4.98 Å². The lowest BCUT2D eigenvalue weighted by molar-refractivity contribution is -0.143. The molecule has 0 spiro atoms. The van der Waals surface area contributed by atoms with Gasteiger partial charge in [-0.3, -0.25) is 0 Å². The molecule has 2 aromatic rings. The molecule has 0 aliphatic carbocycles. The molecule has 4 heteroatoms. The summed E-state index contributed by atoms with van der Waals surface area (Å²) in [6.45, 7) is 1.75. The van der Waals surface area contributed by atoms with Crippen LogP contribution in [0.1, 0.15) is 13.3 Å². The Bertz CT molecular complexity index is 462. The molecule has 0 aliphatic rings. The fraction of sp³-hybridized carbons (Fsp3) is 0.200. The summed E-state index contributed by atoms with van der Waals surface area (Å²) in [5.41, 5.74) is 1.62. The summed E-state index contributed by atoms with van der Waals surface area (Å²) in [4.78, 5) is 20.2. The first-order valence-electron chi connectivity index (χ1n) is 4.44. The van der Waals surface area contributed by atoms with Crippen molar-refractivity contribution in [2.24, 2.45) is 0 Å². The van der Waals surface area contributed by atoms with Gasteiger partial charge in [-0.15, -0.1) is 0 Å². The largest absolute Gasteiger partial charge is 0.335 e. The summed E-state index contributed by atoms with van der Waals surface area (Å²) in [6.07, 6.45) is 1.85. The number of imidazole rings is 1. The second-order valence-corrected chi connectivity index (χ2v) is 2.88. The Morgan fingerprint density at radius 1 is 1.50 bits per heavy atom. The average Bonchev–Trinajstić information content (AvgIpc) is 2.62. The van der Waals surface area contributed by atoms with Crippen LogP contribution >= 0.6 is 0 Å². The smallest absolute Gasteiger partial charge is 0.332 e. The third-order valence-electron chi connectivity index (χ3n) is 1.91. The number of carbonyl (C=O) groups is 1. The maximum absolute atomic E-state index is 11.1. The zero-order chi connectivity index (χ0) is 9.97. The van der Waals surface area contributed by atoms with Gasteiger partial charge in [0, 0.05) is 6.42 Å². The molecule has 0 atom stereocenters. The molecule has 0 bridgehead atoms. The van der Waals surface area contributed by atoms with Crippen molar-refractivity contribution in [2.45, 2.75) is 13.3 Å². The molecule has 1 aromatic carbocycles. The van der Waals surface area contributed by atoms with Crippen molar-refractivity contribution in [1.82, 2.24) is 9.71 Å². The third kappa shape index (κ3) is 1.46. The predicted octanol–water partition coefficient (Wildman–Crippen LogP) is 1.40. The molecule has 2 rings (SSSR count). The SMILES string of the molecule is CCC(=O)On1cnc2ccccc21.